The smallest absolute Gasteiger partial charge is 0.262 e. The average molecular weight is 475 g/mol. The maximum atomic E-state index is 12.5. The highest BCUT2D eigenvalue weighted by atomic mass is 32.1. The molecule has 0 aliphatic carbocycles. The number of hydroxylamine groups is 1. The summed E-state index contributed by atoms with van der Waals surface area (Å²) in [4.78, 5) is 32.0. The fraction of sp³-hybridized carbons (Fsp3) is 0.240. The molecule has 2 aliphatic heterocycles. The number of fused-ring (bicyclic) bond motifs is 2. The molecule has 0 spiro atoms. The molecular formula is C25H22N4O4S. The topological polar surface area (TPSA) is 89.6 Å². The van der Waals surface area contributed by atoms with E-state index in [-0.39, 0.29) is 11.8 Å². The minimum atomic E-state index is -0.106. The number of aromatic nitrogens is 3. The van der Waals surface area contributed by atoms with Crippen LogP contribution in [0.2, 0.25) is 0 Å². The monoisotopic (exact) mass is 474 g/mol. The molecule has 1 unspecified atom stereocenters. The normalized spacial score (nSPS) is 17.0. The highest BCUT2D eigenvalue weighted by Crippen LogP contribution is 2.38. The summed E-state index contributed by atoms with van der Waals surface area (Å²) >= 11 is 1.61. The van der Waals surface area contributed by atoms with Gasteiger partial charge < -0.3 is 19.3 Å². The van der Waals surface area contributed by atoms with E-state index in [0.717, 1.165) is 45.4 Å². The first-order chi connectivity index (χ1) is 16.7. The Morgan fingerprint density at radius 3 is 3.03 bits per heavy atom. The van der Waals surface area contributed by atoms with E-state index >= 15 is 0 Å². The molecule has 0 saturated carbocycles. The van der Waals surface area contributed by atoms with Gasteiger partial charge in [0.15, 0.2) is 11.6 Å². The third kappa shape index (κ3) is 3.67. The van der Waals surface area contributed by atoms with Gasteiger partial charge in [0.05, 0.1) is 36.4 Å². The van der Waals surface area contributed by atoms with Crippen molar-refractivity contribution in [1.29, 1.82) is 0 Å². The van der Waals surface area contributed by atoms with Crippen LogP contribution in [-0.2, 0) is 17.6 Å². The van der Waals surface area contributed by atoms with Crippen molar-refractivity contribution in [2.45, 2.75) is 25.2 Å². The van der Waals surface area contributed by atoms with Gasteiger partial charge in [-0.2, -0.15) is 0 Å². The Kier molecular flexibility index (Phi) is 5.18. The molecule has 0 bridgehead atoms. The molecule has 172 valence electrons. The number of benzene rings is 1. The zero-order valence-corrected chi connectivity index (χ0v) is 19.3. The number of H-pyrrole nitrogens is 1. The molecule has 1 amide bonds. The van der Waals surface area contributed by atoms with Crippen molar-refractivity contribution in [1.82, 2.24) is 15.0 Å². The van der Waals surface area contributed by atoms with E-state index in [4.69, 9.17) is 14.3 Å². The zero-order valence-electron chi connectivity index (χ0n) is 18.5. The lowest BCUT2D eigenvalue weighted by molar-refractivity contribution is -0.123. The third-order valence-corrected chi connectivity index (χ3v) is 7.03. The molecule has 6 rings (SSSR count). The number of hydrogen-bond acceptors (Lipinski definition) is 7. The van der Waals surface area contributed by atoms with E-state index in [1.54, 1.807) is 24.6 Å². The number of anilines is 1. The Morgan fingerprint density at radius 1 is 1.18 bits per heavy atom. The minimum Gasteiger partial charge on any atom is -0.495 e. The first kappa shape index (κ1) is 20.7. The molecule has 8 nitrogen and oxygen atoms in total. The molecule has 9 heteroatoms. The summed E-state index contributed by atoms with van der Waals surface area (Å²) in [6.07, 6.45) is 5.31. The SMILES string of the molecule is COc1ccsc1-c1cnc(C2COc3ccc(ON4C(=O)CCc5cccnc54)cc3C2)[nH]1. The summed E-state index contributed by atoms with van der Waals surface area (Å²) in [5, 5.41) is 3.30. The number of imidazole rings is 1. The van der Waals surface area contributed by atoms with Crippen LogP contribution in [0.15, 0.2) is 54.2 Å². The number of aromatic amines is 1. The molecule has 5 heterocycles. The summed E-state index contributed by atoms with van der Waals surface area (Å²) in [6, 6.07) is 11.4. The average Bonchev–Trinajstić information content (AvgIpc) is 3.55. The van der Waals surface area contributed by atoms with Crippen molar-refractivity contribution in [2.75, 3.05) is 18.8 Å². The number of ether oxygens (including phenoxy) is 2. The van der Waals surface area contributed by atoms with Gasteiger partial charge in [0, 0.05) is 12.6 Å². The van der Waals surface area contributed by atoms with E-state index in [2.05, 4.69) is 15.0 Å². The molecule has 0 radical (unpaired) electrons. The van der Waals surface area contributed by atoms with Crippen LogP contribution in [0.1, 0.15) is 29.3 Å². The van der Waals surface area contributed by atoms with Crippen molar-refractivity contribution >= 4 is 23.1 Å². The maximum absolute atomic E-state index is 12.5. The quantitative estimate of drug-likeness (QED) is 0.457. The van der Waals surface area contributed by atoms with E-state index in [1.807, 2.05) is 48.0 Å². The van der Waals surface area contributed by atoms with E-state index in [1.165, 1.54) is 5.06 Å². The van der Waals surface area contributed by atoms with Crippen LogP contribution in [0, 0.1) is 0 Å². The molecule has 4 aromatic rings. The number of pyridine rings is 1. The fourth-order valence-corrected chi connectivity index (χ4v) is 5.21. The fourth-order valence-electron chi connectivity index (χ4n) is 4.39. The summed E-state index contributed by atoms with van der Waals surface area (Å²) in [5.74, 6) is 3.60. The van der Waals surface area contributed by atoms with Crippen molar-refractivity contribution in [3.63, 3.8) is 0 Å². The van der Waals surface area contributed by atoms with Gasteiger partial charge in [0.25, 0.3) is 5.91 Å². The van der Waals surface area contributed by atoms with Crippen LogP contribution in [0.3, 0.4) is 0 Å². The lowest BCUT2D eigenvalue weighted by atomic mass is 9.96. The van der Waals surface area contributed by atoms with Gasteiger partial charge >= 0.3 is 0 Å². The maximum Gasteiger partial charge on any atom is 0.262 e. The molecule has 1 atom stereocenters. The molecule has 2 aliphatic rings. The first-order valence-electron chi connectivity index (χ1n) is 11.1. The number of hydrogen-bond donors (Lipinski definition) is 1. The lowest BCUT2D eigenvalue weighted by Crippen LogP contribution is -2.38. The van der Waals surface area contributed by atoms with E-state index in [9.17, 15) is 4.79 Å². The number of carbonyl (C=O) groups is 1. The molecule has 0 fully saturated rings. The summed E-state index contributed by atoms with van der Waals surface area (Å²) < 4.78 is 11.5. The number of rotatable bonds is 5. The number of nitrogens with zero attached hydrogens (tertiary/aromatic N) is 3. The van der Waals surface area contributed by atoms with Crippen molar-refractivity contribution in [3.8, 4) is 27.8 Å². The second-order valence-electron chi connectivity index (χ2n) is 8.25. The number of thiophene rings is 1. The zero-order chi connectivity index (χ0) is 23.1. The van der Waals surface area contributed by atoms with Crippen LogP contribution in [0.5, 0.6) is 17.2 Å². The van der Waals surface area contributed by atoms with Crippen LogP contribution in [0.25, 0.3) is 10.6 Å². The van der Waals surface area contributed by atoms with Crippen LogP contribution in [0.4, 0.5) is 5.82 Å². The third-order valence-electron chi connectivity index (χ3n) is 6.11. The summed E-state index contributed by atoms with van der Waals surface area (Å²) in [6.45, 7) is 0.531. The highest BCUT2D eigenvalue weighted by Gasteiger charge is 2.29. The number of amides is 1. The Bertz CT molecular complexity index is 1360. The largest absolute Gasteiger partial charge is 0.495 e. The van der Waals surface area contributed by atoms with Gasteiger partial charge in [0.1, 0.15) is 17.3 Å². The van der Waals surface area contributed by atoms with Gasteiger partial charge in [-0.15, -0.1) is 16.4 Å². The molecule has 0 saturated heterocycles. The number of methoxy groups -OCH3 is 1. The van der Waals surface area contributed by atoms with E-state index in [0.29, 0.717) is 31.0 Å². The van der Waals surface area contributed by atoms with Crippen LogP contribution < -0.4 is 19.4 Å². The number of nitrogens with one attached hydrogen (secondary N) is 1. The van der Waals surface area contributed by atoms with Gasteiger partial charge in [-0.25, -0.2) is 9.97 Å². The van der Waals surface area contributed by atoms with Crippen molar-refractivity contribution < 1.29 is 19.1 Å². The molecular weight excluding hydrogens is 452 g/mol. The van der Waals surface area contributed by atoms with Gasteiger partial charge in [0.2, 0.25) is 0 Å². The van der Waals surface area contributed by atoms with Gasteiger partial charge in [-0.1, -0.05) is 6.07 Å². The molecule has 34 heavy (non-hydrogen) atoms. The molecule has 1 aromatic carbocycles. The summed E-state index contributed by atoms with van der Waals surface area (Å²) in [7, 11) is 1.67. The van der Waals surface area contributed by atoms with Crippen LogP contribution >= 0.6 is 11.3 Å². The molecule has 1 N–H and O–H groups in total. The van der Waals surface area contributed by atoms with Crippen molar-refractivity contribution in [2.24, 2.45) is 0 Å². The Morgan fingerprint density at radius 2 is 2.12 bits per heavy atom. The highest BCUT2D eigenvalue weighted by molar-refractivity contribution is 7.14. The first-order valence-corrected chi connectivity index (χ1v) is 11.9. The van der Waals surface area contributed by atoms with Crippen LogP contribution in [-0.4, -0.2) is 34.6 Å². The van der Waals surface area contributed by atoms with Gasteiger partial charge in [-0.3, -0.25) is 4.79 Å². The Balaban J connectivity index is 1.23. The van der Waals surface area contributed by atoms with Crippen molar-refractivity contribution in [3.05, 3.63) is 71.1 Å². The predicted molar refractivity (Wildman–Crippen MR) is 128 cm³/mol. The Hall–Kier alpha value is -3.85. The lowest BCUT2D eigenvalue weighted by Gasteiger charge is -2.28. The minimum absolute atomic E-state index is 0.0708. The second-order valence-corrected chi connectivity index (χ2v) is 9.16. The summed E-state index contributed by atoms with van der Waals surface area (Å²) in [5.41, 5.74) is 2.94. The Labute approximate surface area is 200 Å². The number of aryl methyl sites for hydroxylation is 1. The van der Waals surface area contributed by atoms with Gasteiger partial charge in [-0.05, 0) is 59.7 Å². The molecule has 3 aromatic heterocycles. The number of carbonyl (C=O) groups excluding carboxylic acids is 1. The second kappa shape index (κ2) is 8.49. The van der Waals surface area contributed by atoms with E-state index < -0.39 is 0 Å². The standard InChI is InChI=1S/C25H22N4O4S/c1-31-21-8-10-34-23(21)19-13-27-24(28-19)17-11-16-12-18(5-6-20(16)32-14-17)33-29-22(30)7-4-15-3-2-9-26-25(15)29/h2-3,5-6,8-10,12-13,17H,4,7,11,14H2,1H3,(H,27,28). The predicted octanol–water partition coefficient (Wildman–Crippen LogP) is 4.53.